The molecule has 0 radical (unpaired) electrons. The first-order chi connectivity index (χ1) is 14.2. The average Bonchev–Trinajstić information content (AvgIpc) is 3.16. The standard InChI is InChI=1S/C23H35N5O.HI/c1-3-24-23(25-12-11-22-6-4-17-29-22)26-18-20-7-9-21(10-8-20)19-28-14-5-13-27(2)15-16-28;/h4,6-10,17H,3,5,11-16,18-19H2,1-2H3,(H2,24,25,26);1H. The second-order valence-corrected chi connectivity index (χ2v) is 7.70. The van der Waals surface area contributed by atoms with Gasteiger partial charge in [-0.15, -0.1) is 24.0 Å². The molecule has 1 aliphatic heterocycles. The number of rotatable bonds is 8. The first kappa shape index (κ1) is 24.7. The Balaban J connectivity index is 0.00000320. The van der Waals surface area contributed by atoms with Crippen LogP contribution in [0.3, 0.4) is 0 Å². The van der Waals surface area contributed by atoms with Gasteiger partial charge in [0.05, 0.1) is 12.8 Å². The molecular weight excluding hydrogens is 489 g/mol. The summed E-state index contributed by atoms with van der Waals surface area (Å²) in [6, 6.07) is 12.8. The van der Waals surface area contributed by atoms with Gasteiger partial charge in [-0.25, -0.2) is 4.99 Å². The second-order valence-electron chi connectivity index (χ2n) is 7.70. The van der Waals surface area contributed by atoms with Crippen LogP contribution in [0.1, 0.15) is 30.2 Å². The zero-order valence-electron chi connectivity index (χ0n) is 18.3. The van der Waals surface area contributed by atoms with Crippen molar-refractivity contribution in [2.75, 3.05) is 46.3 Å². The topological polar surface area (TPSA) is 56.0 Å². The lowest BCUT2D eigenvalue weighted by atomic mass is 10.1. The number of guanidine groups is 1. The summed E-state index contributed by atoms with van der Waals surface area (Å²) in [6.07, 6.45) is 3.81. The summed E-state index contributed by atoms with van der Waals surface area (Å²) in [5.41, 5.74) is 2.61. The SMILES string of the molecule is CCNC(=NCc1ccc(CN2CCCN(C)CC2)cc1)NCCc1ccco1.I. The molecule has 0 bridgehead atoms. The lowest BCUT2D eigenvalue weighted by Gasteiger charge is -2.20. The van der Waals surface area contributed by atoms with Crippen molar-refractivity contribution in [3.8, 4) is 0 Å². The minimum absolute atomic E-state index is 0. The van der Waals surface area contributed by atoms with Crippen LogP contribution in [0.5, 0.6) is 0 Å². The van der Waals surface area contributed by atoms with Gasteiger partial charge in [0.25, 0.3) is 0 Å². The summed E-state index contributed by atoms with van der Waals surface area (Å²) in [6.45, 7) is 10.1. The minimum atomic E-state index is 0. The van der Waals surface area contributed by atoms with Gasteiger partial charge in [0, 0.05) is 39.1 Å². The first-order valence-corrected chi connectivity index (χ1v) is 10.8. The number of halogens is 1. The molecule has 0 spiro atoms. The fourth-order valence-corrected chi connectivity index (χ4v) is 3.54. The Kier molecular flexibility index (Phi) is 11.2. The number of benzene rings is 1. The molecule has 166 valence electrons. The van der Waals surface area contributed by atoms with Crippen LogP contribution >= 0.6 is 24.0 Å². The molecule has 0 atom stereocenters. The normalized spacial score (nSPS) is 16.0. The number of furan rings is 1. The van der Waals surface area contributed by atoms with Crippen molar-refractivity contribution in [3.63, 3.8) is 0 Å². The molecule has 1 saturated heterocycles. The van der Waals surface area contributed by atoms with E-state index in [2.05, 4.69) is 58.7 Å². The Hall–Kier alpha value is -1.58. The molecule has 1 aromatic heterocycles. The van der Waals surface area contributed by atoms with Crippen LogP contribution in [0.15, 0.2) is 52.1 Å². The van der Waals surface area contributed by atoms with Crippen molar-refractivity contribution in [1.82, 2.24) is 20.4 Å². The number of nitrogens with zero attached hydrogens (tertiary/aromatic N) is 3. The maximum absolute atomic E-state index is 5.38. The molecule has 6 nitrogen and oxygen atoms in total. The predicted octanol–water partition coefficient (Wildman–Crippen LogP) is 3.33. The smallest absolute Gasteiger partial charge is 0.191 e. The largest absolute Gasteiger partial charge is 0.469 e. The van der Waals surface area contributed by atoms with E-state index in [4.69, 9.17) is 9.41 Å². The molecule has 30 heavy (non-hydrogen) atoms. The predicted molar refractivity (Wildman–Crippen MR) is 134 cm³/mol. The Labute approximate surface area is 198 Å². The summed E-state index contributed by atoms with van der Waals surface area (Å²) in [7, 11) is 2.21. The lowest BCUT2D eigenvalue weighted by molar-refractivity contribution is 0.269. The molecule has 1 fully saturated rings. The Morgan fingerprint density at radius 2 is 1.83 bits per heavy atom. The third kappa shape index (κ3) is 8.65. The van der Waals surface area contributed by atoms with E-state index >= 15 is 0 Å². The van der Waals surface area contributed by atoms with Crippen LogP contribution < -0.4 is 10.6 Å². The highest BCUT2D eigenvalue weighted by Gasteiger charge is 2.12. The molecular formula is C23H36IN5O. The van der Waals surface area contributed by atoms with Crippen molar-refractivity contribution in [1.29, 1.82) is 0 Å². The van der Waals surface area contributed by atoms with Gasteiger partial charge >= 0.3 is 0 Å². The number of nitrogens with one attached hydrogen (secondary N) is 2. The summed E-state index contributed by atoms with van der Waals surface area (Å²) in [5.74, 6) is 1.83. The third-order valence-corrected chi connectivity index (χ3v) is 5.25. The monoisotopic (exact) mass is 525 g/mol. The molecule has 2 heterocycles. The third-order valence-electron chi connectivity index (χ3n) is 5.25. The van der Waals surface area contributed by atoms with E-state index in [-0.39, 0.29) is 24.0 Å². The number of hydrogen-bond donors (Lipinski definition) is 2. The van der Waals surface area contributed by atoms with E-state index in [9.17, 15) is 0 Å². The summed E-state index contributed by atoms with van der Waals surface area (Å²) in [4.78, 5) is 9.70. The van der Waals surface area contributed by atoms with Gasteiger partial charge in [-0.3, -0.25) is 4.90 Å². The number of likely N-dealkylation sites (N-methyl/N-ethyl adjacent to an activating group) is 1. The number of aliphatic imine (C=N–C) groups is 1. The minimum Gasteiger partial charge on any atom is -0.469 e. The molecule has 1 aromatic carbocycles. The van der Waals surface area contributed by atoms with Crippen LogP contribution in [0.4, 0.5) is 0 Å². The maximum Gasteiger partial charge on any atom is 0.191 e. The van der Waals surface area contributed by atoms with Crippen LogP contribution in [-0.4, -0.2) is 62.1 Å². The Morgan fingerprint density at radius 1 is 1.03 bits per heavy atom. The lowest BCUT2D eigenvalue weighted by Crippen LogP contribution is -2.38. The van der Waals surface area contributed by atoms with E-state index in [0.717, 1.165) is 50.9 Å². The second kappa shape index (κ2) is 13.7. The van der Waals surface area contributed by atoms with Gasteiger partial charge < -0.3 is 20.0 Å². The first-order valence-electron chi connectivity index (χ1n) is 10.8. The fraction of sp³-hybridized carbons (Fsp3) is 0.522. The molecule has 0 unspecified atom stereocenters. The van der Waals surface area contributed by atoms with E-state index in [0.29, 0.717) is 6.54 Å². The summed E-state index contributed by atoms with van der Waals surface area (Å²) < 4.78 is 5.38. The number of hydrogen-bond acceptors (Lipinski definition) is 4. The average molecular weight is 525 g/mol. The zero-order chi connectivity index (χ0) is 20.3. The van der Waals surface area contributed by atoms with Gasteiger partial charge in [-0.05, 0) is 56.7 Å². The van der Waals surface area contributed by atoms with Crippen molar-refractivity contribution >= 4 is 29.9 Å². The van der Waals surface area contributed by atoms with E-state index in [1.807, 2.05) is 12.1 Å². The van der Waals surface area contributed by atoms with Gasteiger partial charge in [0.15, 0.2) is 5.96 Å². The molecule has 1 aliphatic rings. The van der Waals surface area contributed by atoms with E-state index in [1.165, 1.54) is 30.6 Å². The molecule has 0 amide bonds. The quantitative estimate of drug-likeness (QED) is 0.315. The molecule has 7 heteroatoms. The van der Waals surface area contributed by atoms with Gasteiger partial charge in [-0.2, -0.15) is 0 Å². The molecule has 2 N–H and O–H groups in total. The van der Waals surface area contributed by atoms with Gasteiger partial charge in [-0.1, -0.05) is 24.3 Å². The van der Waals surface area contributed by atoms with Crippen molar-refractivity contribution in [2.24, 2.45) is 4.99 Å². The highest BCUT2D eigenvalue weighted by atomic mass is 127. The molecule has 0 saturated carbocycles. The van der Waals surface area contributed by atoms with Gasteiger partial charge in [0.2, 0.25) is 0 Å². The molecule has 2 aromatic rings. The van der Waals surface area contributed by atoms with Crippen molar-refractivity contribution in [2.45, 2.75) is 32.9 Å². The maximum atomic E-state index is 5.38. The molecule has 0 aliphatic carbocycles. The highest BCUT2D eigenvalue weighted by Crippen LogP contribution is 2.11. The Bertz CT molecular complexity index is 733. The van der Waals surface area contributed by atoms with Crippen molar-refractivity contribution < 1.29 is 4.42 Å². The molecule has 3 rings (SSSR count). The van der Waals surface area contributed by atoms with E-state index < -0.39 is 0 Å². The van der Waals surface area contributed by atoms with Crippen LogP contribution in [0.2, 0.25) is 0 Å². The summed E-state index contributed by atoms with van der Waals surface area (Å²) >= 11 is 0. The Morgan fingerprint density at radius 3 is 2.57 bits per heavy atom. The van der Waals surface area contributed by atoms with Crippen LogP contribution in [0.25, 0.3) is 0 Å². The van der Waals surface area contributed by atoms with Crippen molar-refractivity contribution in [3.05, 3.63) is 59.5 Å². The van der Waals surface area contributed by atoms with Crippen LogP contribution in [0, 0.1) is 0 Å². The van der Waals surface area contributed by atoms with E-state index in [1.54, 1.807) is 6.26 Å². The summed E-state index contributed by atoms with van der Waals surface area (Å²) in [5, 5.41) is 6.68. The van der Waals surface area contributed by atoms with Gasteiger partial charge in [0.1, 0.15) is 5.76 Å². The van der Waals surface area contributed by atoms with Crippen LogP contribution in [-0.2, 0) is 19.5 Å². The zero-order valence-corrected chi connectivity index (χ0v) is 20.6. The highest BCUT2D eigenvalue weighted by molar-refractivity contribution is 14.0. The fourth-order valence-electron chi connectivity index (χ4n) is 3.54.